The molecule has 5 heteroatoms. The van der Waals surface area contributed by atoms with E-state index in [0.29, 0.717) is 5.80 Å². The second-order valence-corrected chi connectivity index (χ2v) is 2.05. The van der Waals surface area contributed by atoms with Gasteiger partial charge in [0.05, 0.1) is 6.61 Å². The molecule has 4 nitrogen and oxygen atoms in total. The number of hydrogen-bond acceptors (Lipinski definition) is 4. The first kappa shape index (κ1) is 8.56. The van der Waals surface area contributed by atoms with Crippen LogP contribution in [0, 0.1) is 0 Å². The van der Waals surface area contributed by atoms with Gasteiger partial charge in [-0.2, -0.15) is 4.89 Å². The van der Waals surface area contributed by atoms with Gasteiger partial charge in [0, 0.05) is 0 Å². The standard InChI is InChI=1S/C4H7O4P/c1-2-8-4(5)3-9(6)7/h3H,2H2,1H3,(H,6,7). The molecule has 1 N–H and O–H groups in total. The Hall–Kier alpha value is -0.440. The lowest BCUT2D eigenvalue weighted by Gasteiger charge is -1.91. The van der Waals surface area contributed by atoms with E-state index in [9.17, 15) is 9.69 Å². The molecule has 0 spiro atoms. The lowest BCUT2D eigenvalue weighted by atomic mass is 10.8. The van der Waals surface area contributed by atoms with Gasteiger partial charge in [-0.1, -0.05) is 0 Å². The number of carbonyl (C=O) groups excluding carboxylic acids is 1. The summed E-state index contributed by atoms with van der Waals surface area (Å²) in [6.45, 7) is 1.84. The molecule has 0 aromatic rings. The van der Waals surface area contributed by atoms with Crippen LogP contribution in [-0.2, 0) is 9.53 Å². The molecule has 0 saturated carbocycles. The molecular weight excluding hydrogens is 143 g/mol. The number of esters is 1. The summed E-state index contributed by atoms with van der Waals surface area (Å²) in [4.78, 5) is 28.2. The van der Waals surface area contributed by atoms with Gasteiger partial charge in [-0.3, -0.25) is 0 Å². The van der Waals surface area contributed by atoms with Crippen molar-refractivity contribution >= 4 is 19.8 Å². The third-order valence-electron chi connectivity index (χ3n) is 0.502. The largest absolute Gasteiger partial charge is 0.603 e. The third-order valence-corrected chi connectivity index (χ3v) is 0.934. The molecule has 0 saturated heterocycles. The Labute approximate surface area is 53.6 Å². The molecule has 0 heterocycles. The minimum Gasteiger partial charge on any atom is -0.603 e. The molecular formula is C4H7O4P. The molecule has 0 aliphatic heterocycles. The molecule has 0 aliphatic carbocycles. The minimum absolute atomic E-state index is 0.221. The Morgan fingerprint density at radius 1 is 2.00 bits per heavy atom. The molecule has 0 fully saturated rings. The second kappa shape index (κ2) is 4.44. The van der Waals surface area contributed by atoms with E-state index in [0.717, 1.165) is 0 Å². The maximum atomic E-state index is 10.2. The predicted octanol–water partition coefficient (Wildman–Crippen LogP) is -0.984. The lowest BCUT2D eigenvalue weighted by Crippen LogP contribution is -2.06. The zero-order valence-corrected chi connectivity index (χ0v) is 5.80. The van der Waals surface area contributed by atoms with E-state index in [-0.39, 0.29) is 6.61 Å². The van der Waals surface area contributed by atoms with Crippen molar-refractivity contribution in [1.29, 1.82) is 0 Å². The van der Waals surface area contributed by atoms with Crippen molar-refractivity contribution in [2.45, 2.75) is 6.92 Å². The summed E-state index contributed by atoms with van der Waals surface area (Å²) >= 11 is 0. The zero-order chi connectivity index (χ0) is 7.28. The van der Waals surface area contributed by atoms with Crippen LogP contribution in [0.25, 0.3) is 0 Å². The first-order valence-corrected chi connectivity index (χ1v) is 3.62. The molecule has 1 atom stereocenters. The highest BCUT2D eigenvalue weighted by Gasteiger charge is 1.99. The highest BCUT2D eigenvalue weighted by Crippen LogP contribution is 1.97. The van der Waals surface area contributed by atoms with E-state index in [1.54, 1.807) is 6.92 Å². The molecule has 0 aromatic carbocycles. The van der Waals surface area contributed by atoms with Crippen LogP contribution in [0.15, 0.2) is 0 Å². The fourth-order valence-electron chi connectivity index (χ4n) is 0.270. The van der Waals surface area contributed by atoms with Crippen molar-refractivity contribution in [3.63, 3.8) is 0 Å². The third kappa shape index (κ3) is 5.43. The summed E-state index contributed by atoms with van der Waals surface area (Å²) in [6, 6.07) is 0. The SMILES string of the molecule is CCOC(=O)C=[P+]([O-])O. The van der Waals surface area contributed by atoms with Crippen molar-refractivity contribution in [2.24, 2.45) is 0 Å². The maximum Gasteiger partial charge on any atom is 0.376 e. The topological polar surface area (TPSA) is 69.6 Å². The quantitative estimate of drug-likeness (QED) is 0.405. The molecule has 0 bridgehead atoms. The van der Waals surface area contributed by atoms with Crippen LogP contribution >= 0.6 is 8.00 Å². The summed E-state index contributed by atoms with van der Waals surface area (Å²) in [5, 5.41) is 0. The van der Waals surface area contributed by atoms with Crippen LogP contribution in [0.3, 0.4) is 0 Å². The fraction of sp³-hybridized carbons (Fsp3) is 0.500. The minimum atomic E-state index is -2.50. The predicted molar refractivity (Wildman–Crippen MR) is 31.8 cm³/mol. The van der Waals surface area contributed by atoms with Gasteiger partial charge < -0.3 is 9.63 Å². The van der Waals surface area contributed by atoms with Crippen LogP contribution < -0.4 is 4.89 Å². The van der Waals surface area contributed by atoms with Gasteiger partial charge in [-0.25, -0.2) is 4.79 Å². The van der Waals surface area contributed by atoms with E-state index in [2.05, 4.69) is 4.74 Å². The second-order valence-electron chi connectivity index (χ2n) is 1.18. The van der Waals surface area contributed by atoms with Crippen molar-refractivity contribution in [1.82, 2.24) is 0 Å². The Morgan fingerprint density at radius 3 is 2.89 bits per heavy atom. The van der Waals surface area contributed by atoms with Crippen LogP contribution in [-0.4, -0.2) is 23.3 Å². The maximum absolute atomic E-state index is 10.2. The molecule has 0 amide bonds. The highest BCUT2D eigenvalue weighted by atomic mass is 31.1. The van der Waals surface area contributed by atoms with Crippen molar-refractivity contribution < 1.29 is 19.3 Å². The van der Waals surface area contributed by atoms with E-state index >= 15 is 0 Å². The van der Waals surface area contributed by atoms with Crippen molar-refractivity contribution in [3.8, 4) is 0 Å². The van der Waals surface area contributed by atoms with Gasteiger partial charge in [0.1, 0.15) is 0 Å². The van der Waals surface area contributed by atoms with Gasteiger partial charge in [-0.05, 0) is 6.92 Å². The molecule has 0 aromatic heterocycles. The summed E-state index contributed by atoms with van der Waals surface area (Å²) in [5.74, 6) is -0.125. The number of ether oxygens (including phenoxy) is 1. The summed E-state index contributed by atoms with van der Waals surface area (Å²) < 4.78 is 4.31. The fourth-order valence-corrected chi connectivity index (χ4v) is 0.525. The van der Waals surface area contributed by atoms with Gasteiger partial charge in [-0.15, -0.1) is 0 Å². The van der Waals surface area contributed by atoms with E-state index in [1.807, 2.05) is 0 Å². The molecule has 0 radical (unpaired) electrons. The van der Waals surface area contributed by atoms with Gasteiger partial charge >= 0.3 is 5.97 Å². The molecule has 9 heavy (non-hydrogen) atoms. The van der Waals surface area contributed by atoms with E-state index < -0.39 is 14.0 Å². The average Bonchev–Trinajstić information content (AvgIpc) is 1.63. The van der Waals surface area contributed by atoms with Crippen LogP contribution in [0.5, 0.6) is 0 Å². The van der Waals surface area contributed by atoms with Gasteiger partial charge in [0.15, 0.2) is 0 Å². The van der Waals surface area contributed by atoms with Crippen LogP contribution in [0.1, 0.15) is 6.92 Å². The first-order chi connectivity index (χ1) is 4.16. The van der Waals surface area contributed by atoms with Gasteiger partial charge in [0.2, 0.25) is 13.8 Å². The summed E-state index contributed by atoms with van der Waals surface area (Å²) in [5.41, 5.74) is 0. The number of carbonyl (C=O) groups is 1. The Kier molecular flexibility index (Phi) is 4.22. The first-order valence-electron chi connectivity index (χ1n) is 2.33. The average molecular weight is 150 g/mol. The Morgan fingerprint density at radius 2 is 2.56 bits per heavy atom. The smallest absolute Gasteiger partial charge is 0.376 e. The monoisotopic (exact) mass is 150 g/mol. The van der Waals surface area contributed by atoms with Crippen molar-refractivity contribution in [3.05, 3.63) is 0 Å². The number of hydrogen-bond donors (Lipinski definition) is 1. The molecule has 1 unspecified atom stereocenters. The van der Waals surface area contributed by atoms with Crippen LogP contribution in [0.2, 0.25) is 0 Å². The van der Waals surface area contributed by atoms with Gasteiger partial charge in [0.25, 0.3) is 0 Å². The zero-order valence-electron chi connectivity index (χ0n) is 4.90. The Bertz CT molecular complexity index is 127. The molecule has 52 valence electrons. The van der Waals surface area contributed by atoms with E-state index in [1.165, 1.54) is 0 Å². The molecule has 0 aliphatic rings. The number of rotatable bonds is 2. The Balaban J connectivity index is 3.63. The lowest BCUT2D eigenvalue weighted by molar-refractivity contribution is -0.167. The van der Waals surface area contributed by atoms with Crippen LogP contribution in [0.4, 0.5) is 0 Å². The van der Waals surface area contributed by atoms with Crippen molar-refractivity contribution in [2.75, 3.05) is 6.61 Å². The summed E-state index contributed by atoms with van der Waals surface area (Å²) in [6.07, 6.45) is 0. The van der Waals surface area contributed by atoms with E-state index in [4.69, 9.17) is 4.89 Å². The summed E-state index contributed by atoms with van der Waals surface area (Å²) in [7, 11) is -2.50. The normalized spacial score (nSPS) is 11.2. The highest BCUT2D eigenvalue weighted by molar-refractivity contribution is 7.46. The molecule has 0 rings (SSSR count).